The first-order valence-electron chi connectivity index (χ1n) is 6.49. The number of carbonyl (C=O) groups is 1. The summed E-state index contributed by atoms with van der Waals surface area (Å²) in [6.45, 7) is 1.78. The average Bonchev–Trinajstić information content (AvgIpc) is 3.12. The van der Waals surface area contributed by atoms with E-state index < -0.39 is 6.10 Å². The number of aryl methyl sites for hydroxylation is 1. The Balaban J connectivity index is 1.91. The smallest absolute Gasteiger partial charge is 0.253 e. The van der Waals surface area contributed by atoms with Crippen LogP contribution in [0.15, 0.2) is 21.0 Å². The number of carbonyl (C=O) groups excluding carboxylic acids is 1. The lowest BCUT2D eigenvalue weighted by Gasteiger charge is -2.14. The maximum Gasteiger partial charge on any atom is 0.253 e. The molecular formula is C14H15BrN2O3. The van der Waals surface area contributed by atoms with Crippen LogP contribution in [0.1, 0.15) is 18.7 Å². The number of rotatable bonds is 4. The van der Waals surface area contributed by atoms with E-state index in [0.29, 0.717) is 28.6 Å². The zero-order valence-corrected chi connectivity index (χ0v) is 12.9. The van der Waals surface area contributed by atoms with Crippen molar-refractivity contribution in [3.63, 3.8) is 0 Å². The van der Waals surface area contributed by atoms with E-state index in [1.807, 2.05) is 12.1 Å². The zero-order chi connectivity index (χ0) is 14.3. The predicted molar refractivity (Wildman–Crippen MR) is 78.6 cm³/mol. The van der Waals surface area contributed by atoms with Crippen molar-refractivity contribution in [2.75, 3.05) is 12.4 Å². The Labute approximate surface area is 124 Å². The number of hydrogen-bond acceptors (Lipinski definition) is 4. The zero-order valence-electron chi connectivity index (χ0n) is 11.3. The van der Waals surface area contributed by atoms with E-state index in [1.165, 1.54) is 0 Å². The van der Waals surface area contributed by atoms with Crippen molar-refractivity contribution in [2.45, 2.75) is 25.9 Å². The summed E-state index contributed by atoms with van der Waals surface area (Å²) in [5, 5.41) is 2.88. The van der Waals surface area contributed by atoms with Crippen molar-refractivity contribution in [3.8, 4) is 0 Å². The third-order valence-corrected chi connectivity index (χ3v) is 3.84. The molecule has 1 atom stereocenters. The van der Waals surface area contributed by atoms with Gasteiger partial charge in [-0.05, 0) is 30.9 Å². The van der Waals surface area contributed by atoms with Gasteiger partial charge in [0.2, 0.25) is 0 Å². The van der Waals surface area contributed by atoms with E-state index in [9.17, 15) is 4.79 Å². The summed E-state index contributed by atoms with van der Waals surface area (Å²) in [5.74, 6) is 0.765. The lowest BCUT2D eigenvalue weighted by molar-refractivity contribution is -0.126. The van der Waals surface area contributed by atoms with E-state index in [2.05, 4.69) is 26.2 Å². The molecule has 1 amide bonds. The molecule has 5 nitrogen and oxygen atoms in total. The van der Waals surface area contributed by atoms with Crippen LogP contribution in [0.5, 0.6) is 0 Å². The molecular weight excluding hydrogens is 324 g/mol. The van der Waals surface area contributed by atoms with Crippen molar-refractivity contribution >= 4 is 38.6 Å². The average molecular weight is 339 g/mol. The number of methoxy groups -OCH3 is 1. The number of amides is 1. The fraction of sp³-hybridized carbons (Fsp3) is 0.429. The number of ether oxygens (including phenoxy) is 1. The number of oxazole rings is 1. The van der Waals surface area contributed by atoms with Crippen LogP contribution < -0.4 is 5.32 Å². The SMILES string of the molecule is COC(C(=O)Nc1cc(Br)cc2nc(C)oc12)C1CC1. The molecule has 1 N–H and O–H groups in total. The third-order valence-electron chi connectivity index (χ3n) is 3.38. The molecule has 1 aliphatic carbocycles. The van der Waals surface area contributed by atoms with Gasteiger partial charge in [0.1, 0.15) is 11.6 Å². The van der Waals surface area contributed by atoms with E-state index in [-0.39, 0.29) is 5.91 Å². The van der Waals surface area contributed by atoms with Crippen LogP contribution in [0.2, 0.25) is 0 Å². The number of benzene rings is 1. The normalized spacial score (nSPS) is 16.4. The number of aromatic nitrogens is 1. The molecule has 0 aliphatic heterocycles. The molecule has 6 heteroatoms. The van der Waals surface area contributed by atoms with E-state index in [1.54, 1.807) is 14.0 Å². The second-order valence-corrected chi connectivity index (χ2v) is 5.93. The van der Waals surface area contributed by atoms with Gasteiger partial charge in [0.15, 0.2) is 11.5 Å². The van der Waals surface area contributed by atoms with Gasteiger partial charge in [0.05, 0.1) is 5.69 Å². The summed E-state index contributed by atoms with van der Waals surface area (Å²) in [6, 6.07) is 3.67. The van der Waals surface area contributed by atoms with Crippen LogP contribution in [0.3, 0.4) is 0 Å². The molecule has 20 heavy (non-hydrogen) atoms. The molecule has 0 radical (unpaired) electrons. The monoisotopic (exact) mass is 338 g/mol. The fourth-order valence-electron chi connectivity index (χ4n) is 2.32. The van der Waals surface area contributed by atoms with Gasteiger partial charge in [-0.2, -0.15) is 0 Å². The van der Waals surface area contributed by atoms with Gasteiger partial charge in [-0.15, -0.1) is 0 Å². The van der Waals surface area contributed by atoms with Gasteiger partial charge in [-0.1, -0.05) is 15.9 Å². The van der Waals surface area contributed by atoms with Gasteiger partial charge in [0, 0.05) is 18.5 Å². The Morgan fingerprint density at radius 2 is 2.30 bits per heavy atom. The molecule has 1 aromatic carbocycles. The minimum Gasteiger partial charge on any atom is -0.439 e. The maximum atomic E-state index is 12.3. The molecule has 1 aliphatic rings. The van der Waals surface area contributed by atoms with Crippen LogP contribution in [-0.2, 0) is 9.53 Å². The standard InChI is InChI=1S/C14H15BrN2O3/c1-7-16-10-5-9(15)6-11(13(10)20-7)17-14(18)12(19-2)8-3-4-8/h5-6,8,12H,3-4H2,1-2H3,(H,17,18). The highest BCUT2D eigenvalue weighted by Crippen LogP contribution is 2.35. The molecule has 1 saturated carbocycles. The second kappa shape index (κ2) is 5.18. The van der Waals surface area contributed by atoms with Crippen molar-refractivity contribution in [1.29, 1.82) is 0 Å². The molecule has 0 saturated heterocycles. The first-order chi connectivity index (χ1) is 9.58. The molecule has 1 fully saturated rings. The summed E-state index contributed by atoms with van der Waals surface area (Å²) >= 11 is 3.41. The molecule has 0 bridgehead atoms. The fourth-order valence-corrected chi connectivity index (χ4v) is 2.76. The summed E-state index contributed by atoms with van der Waals surface area (Å²) in [4.78, 5) is 16.5. The first kappa shape index (κ1) is 13.6. The van der Waals surface area contributed by atoms with Crippen LogP contribution in [0, 0.1) is 12.8 Å². The Morgan fingerprint density at radius 1 is 1.55 bits per heavy atom. The molecule has 1 heterocycles. The van der Waals surface area contributed by atoms with Gasteiger partial charge in [-0.25, -0.2) is 4.98 Å². The molecule has 2 aromatic rings. The summed E-state index contributed by atoms with van der Waals surface area (Å²) in [6.07, 6.45) is 1.69. The van der Waals surface area contributed by atoms with Gasteiger partial charge >= 0.3 is 0 Å². The quantitative estimate of drug-likeness (QED) is 0.929. The Morgan fingerprint density at radius 3 is 2.95 bits per heavy atom. The summed E-state index contributed by atoms with van der Waals surface area (Å²) < 4.78 is 11.7. The van der Waals surface area contributed by atoms with Gasteiger partial charge in [0.25, 0.3) is 5.91 Å². The lowest BCUT2D eigenvalue weighted by Crippen LogP contribution is -2.31. The number of anilines is 1. The third kappa shape index (κ3) is 2.58. The highest BCUT2D eigenvalue weighted by Gasteiger charge is 2.36. The van der Waals surface area contributed by atoms with Crippen LogP contribution in [0.4, 0.5) is 5.69 Å². The summed E-state index contributed by atoms with van der Waals surface area (Å²) in [5.41, 5.74) is 1.92. The number of halogens is 1. The predicted octanol–water partition coefficient (Wildman–Crippen LogP) is 3.26. The summed E-state index contributed by atoms with van der Waals surface area (Å²) in [7, 11) is 1.57. The number of nitrogens with zero attached hydrogens (tertiary/aromatic N) is 1. The van der Waals surface area contributed by atoms with Crippen LogP contribution in [-0.4, -0.2) is 24.1 Å². The van der Waals surface area contributed by atoms with Gasteiger partial charge < -0.3 is 14.5 Å². The minimum atomic E-state index is -0.395. The van der Waals surface area contributed by atoms with E-state index in [4.69, 9.17) is 9.15 Å². The van der Waals surface area contributed by atoms with Crippen LogP contribution in [0.25, 0.3) is 11.1 Å². The Kier molecular flexibility index (Phi) is 3.52. The lowest BCUT2D eigenvalue weighted by atomic mass is 10.2. The van der Waals surface area contributed by atoms with Gasteiger partial charge in [-0.3, -0.25) is 4.79 Å². The molecule has 0 spiro atoms. The molecule has 1 aromatic heterocycles. The second-order valence-electron chi connectivity index (χ2n) is 5.02. The minimum absolute atomic E-state index is 0.136. The van der Waals surface area contributed by atoms with Crippen LogP contribution >= 0.6 is 15.9 Å². The van der Waals surface area contributed by atoms with Crippen molar-refractivity contribution in [1.82, 2.24) is 4.98 Å². The molecule has 3 rings (SSSR count). The number of fused-ring (bicyclic) bond motifs is 1. The van der Waals surface area contributed by atoms with E-state index in [0.717, 1.165) is 17.3 Å². The van der Waals surface area contributed by atoms with Crippen molar-refractivity contribution in [3.05, 3.63) is 22.5 Å². The highest BCUT2D eigenvalue weighted by molar-refractivity contribution is 9.10. The Hall–Kier alpha value is -1.40. The first-order valence-corrected chi connectivity index (χ1v) is 7.28. The molecule has 1 unspecified atom stereocenters. The van der Waals surface area contributed by atoms with Crippen molar-refractivity contribution < 1.29 is 13.9 Å². The molecule has 106 valence electrons. The number of hydrogen-bond donors (Lipinski definition) is 1. The Bertz CT molecular complexity index is 664. The largest absolute Gasteiger partial charge is 0.439 e. The van der Waals surface area contributed by atoms with E-state index >= 15 is 0 Å². The number of nitrogens with one attached hydrogen (secondary N) is 1. The maximum absolute atomic E-state index is 12.3. The van der Waals surface area contributed by atoms with Crippen molar-refractivity contribution in [2.24, 2.45) is 5.92 Å². The highest BCUT2D eigenvalue weighted by atomic mass is 79.9. The topological polar surface area (TPSA) is 64.4 Å².